The number of nitriles is 2. The number of alkyl halides is 2. The van der Waals surface area contributed by atoms with Crippen molar-refractivity contribution in [1.82, 2.24) is 0 Å². The lowest BCUT2D eigenvalue weighted by atomic mass is 10.3. The molecule has 1 N–H and O–H groups in total. The van der Waals surface area contributed by atoms with E-state index in [9.17, 15) is 13.2 Å². The van der Waals surface area contributed by atoms with E-state index in [0.29, 0.717) is 0 Å². The zero-order valence-corrected chi connectivity index (χ0v) is 9.40. The molecule has 0 unspecified atom stereocenters. The Kier molecular flexibility index (Phi) is 5.17. The van der Waals surface area contributed by atoms with Gasteiger partial charge in [-0.25, -0.2) is 13.2 Å². The van der Waals surface area contributed by atoms with Crippen LogP contribution in [0, 0.1) is 28.5 Å². The smallest absolute Gasteiger partial charge is 0.272 e. The number of hydrogen-bond donors (Lipinski definition) is 1. The standard InChI is InChI=1S/C11H7F3N4O/c12-7-1-2-10(19-6-11(13)14)9(3-7)18-17-8(4-15)5-16/h1-3,11,18H,6H2. The monoisotopic (exact) mass is 268 g/mol. The molecule has 0 saturated carbocycles. The summed E-state index contributed by atoms with van der Waals surface area (Å²) >= 11 is 0. The third kappa shape index (κ3) is 4.56. The first-order valence-electron chi connectivity index (χ1n) is 4.91. The topological polar surface area (TPSA) is 81.2 Å². The summed E-state index contributed by atoms with van der Waals surface area (Å²) in [4.78, 5) is 0. The fourth-order valence-electron chi connectivity index (χ4n) is 1.06. The molecule has 0 heterocycles. The number of rotatable bonds is 5. The van der Waals surface area contributed by atoms with E-state index in [4.69, 9.17) is 15.3 Å². The number of nitrogens with zero attached hydrogens (tertiary/aromatic N) is 3. The van der Waals surface area contributed by atoms with Gasteiger partial charge in [-0.3, -0.25) is 5.43 Å². The van der Waals surface area contributed by atoms with Crippen LogP contribution in [-0.2, 0) is 0 Å². The highest BCUT2D eigenvalue weighted by Crippen LogP contribution is 2.25. The summed E-state index contributed by atoms with van der Waals surface area (Å²) in [6.45, 7) is -0.868. The van der Waals surface area contributed by atoms with Crippen LogP contribution in [0.5, 0.6) is 5.75 Å². The molecule has 0 radical (unpaired) electrons. The van der Waals surface area contributed by atoms with Crippen LogP contribution in [0.25, 0.3) is 0 Å². The lowest BCUT2D eigenvalue weighted by Crippen LogP contribution is -2.08. The molecule has 1 rings (SSSR count). The Balaban J connectivity index is 2.92. The molecule has 19 heavy (non-hydrogen) atoms. The van der Waals surface area contributed by atoms with Crippen LogP contribution < -0.4 is 10.2 Å². The summed E-state index contributed by atoms with van der Waals surface area (Å²) in [6, 6.07) is 6.05. The second-order valence-electron chi connectivity index (χ2n) is 3.14. The predicted octanol–water partition coefficient (Wildman–Crippen LogP) is 2.28. The minimum Gasteiger partial charge on any atom is -0.485 e. The normalized spacial score (nSPS) is 9.37. The highest BCUT2D eigenvalue weighted by atomic mass is 19.3. The van der Waals surface area contributed by atoms with Gasteiger partial charge in [0.15, 0.2) is 0 Å². The lowest BCUT2D eigenvalue weighted by molar-refractivity contribution is 0.0822. The van der Waals surface area contributed by atoms with Crippen LogP contribution in [0.3, 0.4) is 0 Å². The summed E-state index contributed by atoms with van der Waals surface area (Å²) < 4.78 is 41.8. The maximum absolute atomic E-state index is 13.0. The number of halogens is 3. The van der Waals surface area contributed by atoms with Crippen molar-refractivity contribution in [3.63, 3.8) is 0 Å². The van der Waals surface area contributed by atoms with Gasteiger partial charge in [0.05, 0.1) is 0 Å². The van der Waals surface area contributed by atoms with Crippen molar-refractivity contribution in [2.24, 2.45) is 5.10 Å². The Bertz CT molecular complexity index is 544. The van der Waals surface area contributed by atoms with E-state index in [1.807, 2.05) is 0 Å². The van der Waals surface area contributed by atoms with E-state index in [-0.39, 0.29) is 11.4 Å². The molecule has 0 saturated heterocycles. The largest absolute Gasteiger partial charge is 0.485 e. The number of benzene rings is 1. The summed E-state index contributed by atoms with van der Waals surface area (Å²) in [7, 11) is 0. The number of nitrogens with one attached hydrogen (secondary N) is 1. The predicted molar refractivity (Wildman–Crippen MR) is 60.2 cm³/mol. The van der Waals surface area contributed by atoms with Gasteiger partial charge in [0.2, 0.25) is 5.71 Å². The average Bonchev–Trinajstić information content (AvgIpc) is 2.38. The molecule has 0 aromatic heterocycles. The van der Waals surface area contributed by atoms with Crippen molar-refractivity contribution in [2.45, 2.75) is 6.43 Å². The zero-order chi connectivity index (χ0) is 14.3. The van der Waals surface area contributed by atoms with Gasteiger partial charge in [0.25, 0.3) is 6.43 Å². The first-order valence-corrected chi connectivity index (χ1v) is 4.91. The van der Waals surface area contributed by atoms with Crippen molar-refractivity contribution in [3.8, 4) is 17.9 Å². The molecule has 0 aliphatic heterocycles. The van der Waals surface area contributed by atoms with E-state index in [1.165, 1.54) is 12.1 Å². The van der Waals surface area contributed by atoms with Crippen LogP contribution in [-0.4, -0.2) is 18.7 Å². The van der Waals surface area contributed by atoms with Gasteiger partial charge < -0.3 is 4.74 Å². The van der Waals surface area contributed by atoms with Crippen molar-refractivity contribution in [1.29, 1.82) is 10.5 Å². The third-order valence-electron chi connectivity index (χ3n) is 1.81. The van der Waals surface area contributed by atoms with Crippen LogP contribution >= 0.6 is 0 Å². The number of ether oxygens (including phenoxy) is 1. The zero-order valence-electron chi connectivity index (χ0n) is 9.40. The Labute approximate surface area is 106 Å². The highest BCUT2D eigenvalue weighted by Gasteiger charge is 2.09. The summed E-state index contributed by atoms with van der Waals surface area (Å²) in [6.07, 6.45) is -2.69. The Morgan fingerprint density at radius 2 is 2.05 bits per heavy atom. The van der Waals surface area contributed by atoms with Crippen molar-refractivity contribution < 1.29 is 17.9 Å². The molecule has 98 valence electrons. The maximum atomic E-state index is 13.0. The average molecular weight is 268 g/mol. The third-order valence-corrected chi connectivity index (χ3v) is 1.81. The first kappa shape index (κ1) is 14.3. The first-order chi connectivity index (χ1) is 9.06. The fraction of sp³-hybridized carbons (Fsp3) is 0.182. The molecule has 1 aromatic carbocycles. The molecular formula is C11H7F3N4O. The van der Waals surface area contributed by atoms with Crippen LogP contribution in [0.1, 0.15) is 0 Å². The Morgan fingerprint density at radius 3 is 2.63 bits per heavy atom. The van der Waals surface area contributed by atoms with Crippen LogP contribution in [0.4, 0.5) is 18.9 Å². The van der Waals surface area contributed by atoms with Crippen LogP contribution in [0.2, 0.25) is 0 Å². The molecular weight excluding hydrogens is 261 g/mol. The van der Waals surface area contributed by atoms with Gasteiger partial charge in [0, 0.05) is 6.07 Å². The molecule has 0 spiro atoms. The minimum absolute atomic E-state index is 0.0661. The number of hydrogen-bond acceptors (Lipinski definition) is 5. The molecule has 0 aliphatic carbocycles. The molecule has 8 heteroatoms. The number of hydrazone groups is 1. The molecule has 1 aromatic rings. The fourth-order valence-corrected chi connectivity index (χ4v) is 1.06. The second kappa shape index (κ2) is 6.87. The van der Waals surface area contributed by atoms with Gasteiger partial charge in [0.1, 0.15) is 36.0 Å². The van der Waals surface area contributed by atoms with Gasteiger partial charge >= 0.3 is 0 Å². The molecule has 0 bridgehead atoms. The summed E-state index contributed by atoms with van der Waals surface area (Å²) in [5.74, 6) is -0.724. The van der Waals surface area contributed by atoms with Crippen LogP contribution in [0.15, 0.2) is 23.3 Å². The molecule has 0 aliphatic rings. The molecule has 5 nitrogen and oxygen atoms in total. The highest BCUT2D eigenvalue weighted by molar-refractivity contribution is 6.10. The van der Waals surface area contributed by atoms with Gasteiger partial charge in [-0.2, -0.15) is 15.6 Å². The summed E-state index contributed by atoms with van der Waals surface area (Å²) in [5, 5.41) is 20.3. The Hall–Kier alpha value is -2.74. The van der Waals surface area contributed by atoms with E-state index >= 15 is 0 Å². The van der Waals surface area contributed by atoms with Gasteiger partial charge in [-0.15, -0.1) is 0 Å². The number of anilines is 1. The van der Waals surface area contributed by atoms with Gasteiger partial charge in [-0.05, 0) is 12.1 Å². The van der Waals surface area contributed by atoms with Gasteiger partial charge in [-0.1, -0.05) is 0 Å². The quantitative estimate of drug-likeness (QED) is 0.656. The van der Waals surface area contributed by atoms with E-state index in [0.717, 1.165) is 18.2 Å². The van der Waals surface area contributed by atoms with Crippen molar-refractivity contribution >= 4 is 11.4 Å². The maximum Gasteiger partial charge on any atom is 0.272 e. The summed E-state index contributed by atoms with van der Waals surface area (Å²) in [5.41, 5.74) is 1.65. The Morgan fingerprint density at radius 1 is 1.37 bits per heavy atom. The minimum atomic E-state index is -2.69. The second-order valence-corrected chi connectivity index (χ2v) is 3.14. The lowest BCUT2D eigenvalue weighted by Gasteiger charge is -2.10. The van der Waals surface area contributed by atoms with Crippen molar-refractivity contribution in [3.05, 3.63) is 24.0 Å². The SMILES string of the molecule is N#CC(C#N)=NNc1cc(F)ccc1OCC(F)F. The molecule has 0 amide bonds. The van der Waals surface area contributed by atoms with Crippen molar-refractivity contribution in [2.75, 3.05) is 12.0 Å². The van der Waals surface area contributed by atoms with E-state index < -0.39 is 24.6 Å². The van der Waals surface area contributed by atoms with E-state index in [2.05, 4.69) is 10.5 Å². The molecule has 0 fully saturated rings. The molecule has 0 atom stereocenters. The van der Waals surface area contributed by atoms with E-state index in [1.54, 1.807) is 0 Å².